The van der Waals surface area contributed by atoms with E-state index in [2.05, 4.69) is 11.9 Å². The molecule has 0 aliphatic heterocycles. The molecule has 94 valence electrons. The van der Waals surface area contributed by atoms with Crippen LogP contribution in [0, 0.1) is 6.92 Å². The van der Waals surface area contributed by atoms with Crippen molar-refractivity contribution in [2.24, 2.45) is 0 Å². The van der Waals surface area contributed by atoms with Crippen molar-refractivity contribution in [2.75, 3.05) is 0 Å². The Hall–Kier alpha value is -1.18. The SMILES string of the molecule is CCCCCCCCC(=O)c1cccnc1C. The normalized spacial score (nSPS) is 10.5. The number of carbonyl (C=O) groups is 1. The molecule has 1 aromatic heterocycles. The second kappa shape index (κ2) is 7.99. The maximum Gasteiger partial charge on any atom is 0.164 e. The van der Waals surface area contributed by atoms with Gasteiger partial charge in [-0.3, -0.25) is 9.78 Å². The Balaban J connectivity index is 2.24. The Kier molecular flexibility index (Phi) is 6.53. The van der Waals surface area contributed by atoms with Gasteiger partial charge in [-0.25, -0.2) is 0 Å². The van der Waals surface area contributed by atoms with E-state index in [0.717, 1.165) is 17.7 Å². The number of hydrogen-bond acceptors (Lipinski definition) is 2. The van der Waals surface area contributed by atoms with Crippen molar-refractivity contribution < 1.29 is 4.79 Å². The fourth-order valence-corrected chi connectivity index (χ4v) is 1.98. The predicted molar refractivity (Wildman–Crippen MR) is 71.3 cm³/mol. The molecular formula is C15H23NO. The average Bonchev–Trinajstić information content (AvgIpc) is 2.34. The molecule has 0 aliphatic rings. The summed E-state index contributed by atoms with van der Waals surface area (Å²) in [5.41, 5.74) is 1.64. The molecule has 2 nitrogen and oxygen atoms in total. The van der Waals surface area contributed by atoms with Gasteiger partial charge in [-0.05, 0) is 25.5 Å². The van der Waals surface area contributed by atoms with Crippen LogP contribution in [0.1, 0.15) is 67.9 Å². The highest BCUT2D eigenvalue weighted by atomic mass is 16.1. The van der Waals surface area contributed by atoms with Crippen molar-refractivity contribution in [3.8, 4) is 0 Å². The summed E-state index contributed by atoms with van der Waals surface area (Å²) >= 11 is 0. The Bertz CT molecular complexity index is 347. The van der Waals surface area contributed by atoms with Gasteiger partial charge >= 0.3 is 0 Å². The number of unbranched alkanes of at least 4 members (excludes halogenated alkanes) is 5. The van der Waals surface area contributed by atoms with Crippen LogP contribution in [-0.2, 0) is 0 Å². The molecule has 0 aliphatic carbocycles. The first-order valence-electron chi connectivity index (χ1n) is 6.70. The lowest BCUT2D eigenvalue weighted by Crippen LogP contribution is -2.02. The first kappa shape index (κ1) is 13.9. The summed E-state index contributed by atoms with van der Waals surface area (Å²) in [7, 11) is 0. The van der Waals surface area contributed by atoms with Crippen molar-refractivity contribution in [3.05, 3.63) is 29.6 Å². The van der Waals surface area contributed by atoms with Gasteiger partial charge < -0.3 is 0 Å². The Morgan fingerprint density at radius 1 is 1.18 bits per heavy atom. The topological polar surface area (TPSA) is 30.0 Å². The van der Waals surface area contributed by atoms with Gasteiger partial charge in [0.25, 0.3) is 0 Å². The Morgan fingerprint density at radius 3 is 2.59 bits per heavy atom. The number of rotatable bonds is 8. The van der Waals surface area contributed by atoms with E-state index in [4.69, 9.17) is 0 Å². The maximum atomic E-state index is 11.9. The van der Waals surface area contributed by atoms with Crippen LogP contribution < -0.4 is 0 Å². The summed E-state index contributed by atoms with van der Waals surface area (Å²) < 4.78 is 0. The summed E-state index contributed by atoms with van der Waals surface area (Å²) in [4.78, 5) is 16.1. The molecule has 0 radical (unpaired) electrons. The zero-order valence-corrected chi connectivity index (χ0v) is 11.0. The van der Waals surface area contributed by atoms with E-state index in [-0.39, 0.29) is 5.78 Å². The van der Waals surface area contributed by atoms with Gasteiger partial charge in [-0.1, -0.05) is 39.0 Å². The minimum atomic E-state index is 0.242. The van der Waals surface area contributed by atoms with Crippen molar-refractivity contribution >= 4 is 5.78 Å². The van der Waals surface area contributed by atoms with E-state index >= 15 is 0 Å². The summed E-state index contributed by atoms with van der Waals surface area (Å²) in [6.45, 7) is 4.11. The molecular weight excluding hydrogens is 210 g/mol. The number of carbonyl (C=O) groups excluding carboxylic acids is 1. The monoisotopic (exact) mass is 233 g/mol. The van der Waals surface area contributed by atoms with Gasteiger partial charge in [0.15, 0.2) is 5.78 Å². The largest absolute Gasteiger partial charge is 0.294 e. The quantitative estimate of drug-likeness (QED) is 0.494. The van der Waals surface area contributed by atoms with Crippen molar-refractivity contribution in [2.45, 2.75) is 58.8 Å². The minimum absolute atomic E-state index is 0.242. The summed E-state index contributed by atoms with van der Waals surface area (Å²) in [6, 6.07) is 3.71. The van der Waals surface area contributed by atoms with Crippen LogP contribution in [0.4, 0.5) is 0 Å². The van der Waals surface area contributed by atoms with Gasteiger partial charge in [0.05, 0.1) is 0 Å². The van der Waals surface area contributed by atoms with Gasteiger partial charge in [-0.2, -0.15) is 0 Å². The number of aromatic nitrogens is 1. The van der Waals surface area contributed by atoms with Crippen molar-refractivity contribution in [1.29, 1.82) is 0 Å². The molecule has 0 unspecified atom stereocenters. The van der Waals surface area contributed by atoms with E-state index in [9.17, 15) is 4.79 Å². The fourth-order valence-electron chi connectivity index (χ4n) is 1.98. The van der Waals surface area contributed by atoms with Crippen LogP contribution in [-0.4, -0.2) is 10.8 Å². The smallest absolute Gasteiger partial charge is 0.164 e. The Morgan fingerprint density at radius 2 is 1.88 bits per heavy atom. The van der Waals surface area contributed by atoms with Crippen molar-refractivity contribution in [3.63, 3.8) is 0 Å². The zero-order chi connectivity index (χ0) is 12.5. The second-order valence-electron chi connectivity index (χ2n) is 4.58. The van der Waals surface area contributed by atoms with Crippen LogP contribution in [0.5, 0.6) is 0 Å². The standard InChI is InChI=1S/C15H23NO/c1-3-4-5-6-7-8-11-15(17)14-10-9-12-16-13(14)2/h9-10,12H,3-8,11H2,1-2H3. The molecule has 0 aromatic carbocycles. The zero-order valence-electron chi connectivity index (χ0n) is 11.0. The summed E-state index contributed by atoms with van der Waals surface area (Å²) in [5.74, 6) is 0.242. The number of ketones is 1. The summed E-state index contributed by atoms with van der Waals surface area (Å²) in [6.07, 6.45) is 9.73. The van der Waals surface area contributed by atoms with E-state index in [1.807, 2.05) is 19.1 Å². The third kappa shape index (κ3) is 5.12. The van der Waals surface area contributed by atoms with E-state index in [1.165, 1.54) is 32.1 Å². The van der Waals surface area contributed by atoms with Gasteiger partial charge in [0.2, 0.25) is 0 Å². The molecule has 0 bridgehead atoms. The molecule has 17 heavy (non-hydrogen) atoms. The molecule has 0 fully saturated rings. The van der Waals surface area contributed by atoms with Gasteiger partial charge in [-0.15, -0.1) is 0 Å². The molecule has 0 atom stereocenters. The third-order valence-electron chi connectivity index (χ3n) is 3.06. The van der Waals surface area contributed by atoms with E-state index in [0.29, 0.717) is 6.42 Å². The lowest BCUT2D eigenvalue weighted by molar-refractivity contribution is 0.0978. The van der Waals surface area contributed by atoms with E-state index in [1.54, 1.807) is 6.20 Å². The van der Waals surface area contributed by atoms with Gasteiger partial charge in [0.1, 0.15) is 0 Å². The molecule has 1 heterocycles. The molecule has 0 spiro atoms. The number of nitrogens with zero attached hydrogens (tertiary/aromatic N) is 1. The lowest BCUT2D eigenvalue weighted by atomic mass is 10.0. The molecule has 2 heteroatoms. The minimum Gasteiger partial charge on any atom is -0.294 e. The highest BCUT2D eigenvalue weighted by molar-refractivity contribution is 5.96. The number of Topliss-reactive ketones (excluding diaryl/α,β-unsaturated/α-hetero) is 1. The average molecular weight is 233 g/mol. The van der Waals surface area contributed by atoms with Crippen LogP contribution in [0.3, 0.4) is 0 Å². The first-order chi connectivity index (χ1) is 8.25. The van der Waals surface area contributed by atoms with Crippen molar-refractivity contribution in [1.82, 2.24) is 4.98 Å². The highest BCUT2D eigenvalue weighted by Gasteiger charge is 2.08. The predicted octanol–water partition coefficient (Wildman–Crippen LogP) is 4.32. The van der Waals surface area contributed by atoms with Crippen LogP contribution >= 0.6 is 0 Å². The lowest BCUT2D eigenvalue weighted by Gasteiger charge is -2.03. The molecule has 1 aromatic rings. The molecule has 0 saturated carbocycles. The Labute approximate surface area is 104 Å². The molecule has 0 N–H and O–H groups in total. The number of pyridine rings is 1. The van der Waals surface area contributed by atoms with Crippen LogP contribution in [0.25, 0.3) is 0 Å². The van der Waals surface area contributed by atoms with E-state index < -0.39 is 0 Å². The third-order valence-corrected chi connectivity index (χ3v) is 3.06. The molecule has 1 rings (SSSR count). The van der Waals surface area contributed by atoms with Crippen LogP contribution in [0.2, 0.25) is 0 Å². The number of aryl methyl sites for hydroxylation is 1. The molecule has 0 amide bonds. The highest BCUT2D eigenvalue weighted by Crippen LogP contribution is 2.12. The maximum absolute atomic E-state index is 11.9. The first-order valence-corrected chi connectivity index (χ1v) is 6.70. The summed E-state index contributed by atoms with van der Waals surface area (Å²) in [5, 5.41) is 0. The number of hydrogen-bond donors (Lipinski definition) is 0. The molecule has 0 saturated heterocycles. The van der Waals surface area contributed by atoms with Gasteiger partial charge in [0, 0.05) is 23.9 Å². The van der Waals surface area contributed by atoms with Crippen LogP contribution in [0.15, 0.2) is 18.3 Å². The second-order valence-corrected chi connectivity index (χ2v) is 4.58. The fraction of sp³-hybridized carbons (Fsp3) is 0.600.